The number of ether oxygens (including phenoxy) is 1. The van der Waals surface area contributed by atoms with Gasteiger partial charge in [0.15, 0.2) is 0 Å². The van der Waals surface area contributed by atoms with Crippen LogP contribution in [-0.4, -0.2) is 46.9 Å². The van der Waals surface area contributed by atoms with Gasteiger partial charge >= 0.3 is 0 Å². The maximum atomic E-state index is 14.1. The van der Waals surface area contributed by atoms with Crippen LogP contribution in [0.3, 0.4) is 0 Å². The Morgan fingerprint density at radius 1 is 1.22 bits per heavy atom. The molecule has 3 aliphatic rings. The van der Waals surface area contributed by atoms with Crippen LogP contribution in [0.2, 0.25) is 5.02 Å². The smallest absolute Gasteiger partial charge is 0.274 e. The summed E-state index contributed by atoms with van der Waals surface area (Å²) in [6.45, 7) is 2.96. The molecule has 6 nitrogen and oxygen atoms in total. The fourth-order valence-electron chi connectivity index (χ4n) is 6.15. The summed E-state index contributed by atoms with van der Waals surface area (Å²) >= 11 is 7.77. The number of likely N-dealkylation sites (tertiary alicyclic amines) is 1. The Morgan fingerprint density at radius 3 is 2.94 bits per heavy atom. The second-order valence-corrected chi connectivity index (χ2v) is 11.5. The van der Waals surface area contributed by atoms with E-state index in [-0.39, 0.29) is 23.9 Å². The van der Waals surface area contributed by atoms with Crippen LogP contribution in [0.1, 0.15) is 57.1 Å². The van der Waals surface area contributed by atoms with Crippen molar-refractivity contribution < 1.29 is 14.3 Å². The molecule has 1 aliphatic carbocycles. The van der Waals surface area contributed by atoms with Crippen LogP contribution in [-0.2, 0) is 6.42 Å². The molecule has 2 fully saturated rings. The lowest BCUT2D eigenvalue weighted by molar-refractivity contribution is 0.0645. The van der Waals surface area contributed by atoms with Gasteiger partial charge in [0.1, 0.15) is 11.4 Å². The van der Waals surface area contributed by atoms with Gasteiger partial charge in [-0.05, 0) is 61.9 Å². The SMILES string of the molecule is Cc1nc(C(=O)N2[C@H](CNC(=O)c3cccc4c3CCO4)C[C@@H]3CCC[C@@H]32)c(-c2cccc(Cl)c2)s1. The lowest BCUT2D eigenvalue weighted by atomic mass is 10.0. The molecule has 3 aromatic rings. The van der Waals surface area contributed by atoms with Crippen LogP contribution in [0.25, 0.3) is 10.4 Å². The van der Waals surface area contributed by atoms with Gasteiger partial charge in [-0.2, -0.15) is 0 Å². The van der Waals surface area contributed by atoms with Gasteiger partial charge in [0.25, 0.3) is 11.8 Å². The number of rotatable bonds is 5. The minimum Gasteiger partial charge on any atom is -0.493 e. The van der Waals surface area contributed by atoms with Crippen LogP contribution < -0.4 is 10.1 Å². The number of hydrogen-bond donors (Lipinski definition) is 1. The molecule has 36 heavy (non-hydrogen) atoms. The molecule has 1 N–H and O–H groups in total. The number of thiazole rings is 1. The molecule has 2 aliphatic heterocycles. The molecule has 2 aromatic carbocycles. The monoisotopic (exact) mass is 521 g/mol. The predicted molar refractivity (Wildman–Crippen MR) is 141 cm³/mol. The van der Waals surface area contributed by atoms with E-state index in [9.17, 15) is 9.59 Å². The van der Waals surface area contributed by atoms with Gasteiger partial charge in [-0.25, -0.2) is 4.98 Å². The van der Waals surface area contributed by atoms with E-state index in [1.807, 2.05) is 54.3 Å². The Kier molecular flexibility index (Phi) is 6.21. The molecule has 0 unspecified atom stereocenters. The average Bonchev–Trinajstić information content (AvgIpc) is 3.65. The Bertz CT molecular complexity index is 1340. The van der Waals surface area contributed by atoms with Gasteiger partial charge in [0, 0.05) is 35.2 Å². The maximum absolute atomic E-state index is 14.1. The molecule has 0 spiro atoms. The molecule has 1 saturated carbocycles. The zero-order valence-corrected chi connectivity index (χ0v) is 21.7. The lowest BCUT2D eigenvalue weighted by Gasteiger charge is -2.30. The first kappa shape index (κ1) is 23.5. The molecule has 0 bridgehead atoms. The number of aromatic nitrogens is 1. The van der Waals surface area contributed by atoms with Crippen molar-refractivity contribution in [2.45, 2.75) is 51.1 Å². The summed E-state index contributed by atoms with van der Waals surface area (Å²) in [5, 5.41) is 4.61. The van der Waals surface area contributed by atoms with Gasteiger partial charge in [-0.1, -0.05) is 36.2 Å². The fraction of sp³-hybridized carbons (Fsp3) is 0.393. The first-order valence-electron chi connectivity index (χ1n) is 12.6. The van der Waals surface area contributed by atoms with Crippen molar-refractivity contribution in [1.29, 1.82) is 0 Å². The Morgan fingerprint density at radius 2 is 2.08 bits per heavy atom. The van der Waals surface area contributed by atoms with Crippen molar-refractivity contribution in [2.75, 3.05) is 13.2 Å². The van der Waals surface area contributed by atoms with Gasteiger partial charge in [-0.3, -0.25) is 9.59 Å². The summed E-state index contributed by atoms with van der Waals surface area (Å²) < 4.78 is 5.62. The third-order valence-corrected chi connectivity index (χ3v) is 8.94. The topological polar surface area (TPSA) is 71.5 Å². The fourth-order valence-corrected chi connectivity index (χ4v) is 7.25. The van der Waals surface area contributed by atoms with E-state index in [2.05, 4.69) is 10.3 Å². The Labute approximate surface area is 219 Å². The minimum atomic E-state index is -0.106. The van der Waals surface area contributed by atoms with E-state index in [0.717, 1.165) is 58.9 Å². The molecule has 6 rings (SSSR count). The molecule has 8 heteroatoms. The molecular weight excluding hydrogens is 494 g/mol. The van der Waals surface area contributed by atoms with Gasteiger partial charge in [0.05, 0.1) is 22.5 Å². The van der Waals surface area contributed by atoms with Gasteiger partial charge in [-0.15, -0.1) is 11.3 Å². The van der Waals surface area contributed by atoms with Crippen LogP contribution >= 0.6 is 22.9 Å². The predicted octanol–water partition coefficient (Wildman–Crippen LogP) is 5.52. The number of carbonyl (C=O) groups excluding carboxylic acids is 2. The number of fused-ring (bicyclic) bond motifs is 2. The number of aryl methyl sites for hydroxylation is 1. The van der Waals surface area contributed by atoms with Crippen LogP contribution in [0.15, 0.2) is 42.5 Å². The summed E-state index contributed by atoms with van der Waals surface area (Å²) in [7, 11) is 0. The average molecular weight is 522 g/mol. The minimum absolute atomic E-state index is 0.0445. The van der Waals surface area contributed by atoms with Gasteiger partial charge in [0.2, 0.25) is 0 Å². The third-order valence-electron chi connectivity index (χ3n) is 7.69. The van der Waals surface area contributed by atoms with E-state index in [4.69, 9.17) is 16.3 Å². The summed E-state index contributed by atoms with van der Waals surface area (Å²) in [6.07, 6.45) is 4.90. The van der Waals surface area contributed by atoms with E-state index in [0.29, 0.717) is 35.3 Å². The number of carbonyl (C=O) groups is 2. The van der Waals surface area contributed by atoms with Crippen molar-refractivity contribution in [3.63, 3.8) is 0 Å². The quantitative estimate of drug-likeness (QED) is 0.480. The van der Waals surface area contributed by atoms with Crippen LogP contribution in [0.4, 0.5) is 0 Å². The molecule has 3 heterocycles. The highest BCUT2D eigenvalue weighted by Gasteiger charge is 2.47. The van der Waals surface area contributed by atoms with E-state index in [1.54, 1.807) is 0 Å². The molecule has 186 valence electrons. The van der Waals surface area contributed by atoms with Crippen LogP contribution in [0.5, 0.6) is 5.75 Å². The number of nitrogens with zero attached hydrogens (tertiary/aromatic N) is 2. The molecule has 2 amide bonds. The summed E-state index contributed by atoms with van der Waals surface area (Å²) in [6, 6.07) is 13.3. The van der Waals surface area contributed by atoms with E-state index >= 15 is 0 Å². The van der Waals surface area contributed by atoms with Gasteiger partial charge < -0.3 is 15.0 Å². The number of benzene rings is 2. The van der Waals surface area contributed by atoms with Crippen molar-refractivity contribution >= 4 is 34.8 Å². The number of amides is 2. The summed E-state index contributed by atoms with van der Waals surface area (Å²) in [5.41, 5.74) is 3.03. The highest BCUT2D eigenvalue weighted by Crippen LogP contribution is 2.43. The first-order valence-corrected chi connectivity index (χ1v) is 13.8. The van der Waals surface area contributed by atoms with E-state index < -0.39 is 0 Å². The van der Waals surface area contributed by atoms with Crippen molar-refractivity contribution in [2.24, 2.45) is 5.92 Å². The summed E-state index contributed by atoms with van der Waals surface area (Å²) in [4.78, 5) is 34.8. The standard InChI is InChI=1S/C28H28ClN3O3S/c1-16-31-25(26(36-16)18-6-2-7-19(29)13-18)28(34)32-20(14-17-5-3-9-23(17)32)15-30-27(33)22-8-4-10-24-21(22)11-12-35-24/h2,4,6-8,10,13,17,20,23H,3,5,9,11-12,14-15H2,1H3,(H,30,33)/t17-,20-,23-/m0/s1. The van der Waals surface area contributed by atoms with Crippen molar-refractivity contribution in [3.8, 4) is 16.2 Å². The number of hydrogen-bond acceptors (Lipinski definition) is 5. The van der Waals surface area contributed by atoms with Crippen LogP contribution in [0, 0.1) is 12.8 Å². The molecular formula is C28H28ClN3O3S. The third kappa shape index (κ3) is 4.18. The Balaban J connectivity index is 1.26. The highest BCUT2D eigenvalue weighted by molar-refractivity contribution is 7.15. The normalized spacial score (nSPS) is 22.3. The first-order chi connectivity index (χ1) is 17.5. The molecule has 3 atom stereocenters. The lowest BCUT2D eigenvalue weighted by Crippen LogP contribution is -2.46. The summed E-state index contributed by atoms with van der Waals surface area (Å²) in [5.74, 6) is 1.12. The molecule has 1 aromatic heterocycles. The number of nitrogens with one attached hydrogen (secondary N) is 1. The second kappa shape index (κ2) is 9.52. The molecule has 1 saturated heterocycles. The molecule has 0 radical (unpaired) electrons. The van der Waals surface area contributed by atoms with Crippen molar-refractivity contribution in [1.82, 2.24) is 15.2 Å². The highest BCUT2D eigenvalue weighted by atomic mass is 35.5. The second-order valence-electron chi connectivity index (χ2n) is 9.87. The van der Waals surface area contributed by atoms with Crippen molar-refractivity contribution in [3.05, 3.63) is 69.3 Å². The van der Waals surface area contributed by atoms with E-state index in [1.165, 1.54) is 11.3 Å². The largest absolute Gasteiger partial charge is 0.493 e. The maximum Gasteiger partial charge on any atom is 0.274 e. The zero-order chi connectivity index (χ0) is 24.8. The number of halogens is 1. The Hall–Kier alpha value is -2.90. The zero-order valence-electron chi connectivity index (χ0n) is 20.1.